The molecule has 3 aromatic heterocycles. The zero-order valence-corrected chi connectivity index (χ0v) is 19.4. The third kappa shape index (κ3) is 4.20. The molecule has 8 nitrogen and oxygen atoms in total. The van der Waals surface area contributed by atoms with Crippen LogP contribution in [0.2, 0.25) is 0 Å². The molecule has 0 bridgehead atoms. The number of rotatable bonds is 6. The number of pyridine rings is 2. The van der Waals surface area contributed by atoms with E-state index in [-0.39, 0.29) is 16.6 Å². The lowest BCUT2D eigenvalue weighted by Crippen LogP contribution is -2.29. The van der Waals surface area contributed by atoms with E-state index in [9.17, 15) is 14.9 Å². The van der Waals surface area contributed by atoms with Gasteiger partial charge in [0.05, 0.1) is 17.6 Å². The van der Waals surface area contributed by atoms with Gasteiger partial charge in [-0.3, -0.25) is 14.0 Å². The third-order valence-electron chi connectivity index (χ3n) is 5.58. The van der Waals surface area contributed by atoms with Gasteiger partial charge in [-0.25, -0.2) is 4.98 Å². The second-order valence-electron chi connectivity index (χ2n) is 7.91. The number of carbonyl (C=O) groups is 1. The molecule has 0 radical (unpaired) electrons. The van der Waals surface area contributed by atoms with Crippen LogP contribution >= 0.6 is 0 Å². The normalized spacial score (nSPS) is 11.6. The molecule has 0 saturated heterocycles. The predicted molar refractivity (Wildman–Crippen MR) is 129 cm³/mol. The smallest absolute Gasteiger partial charge is 0.278 e. The maximum atomic E-state index is 13.3. The van der Waals surface area contributed by atoms with Crippen LogP contribution in [0.5, 0.6) is 5.75 Å². The molecule has 3 heterocycles. The van der Waals surface area contributed by atoms with Gasteiger partial charge in [0.2, 0.25) is 0 Å². The van der Waals surface area contributed by atoms with Crippen molar-refractivity contribution in [2.75, 3.05) is 6.61 Å². The second kappa shape index (κ2) is 9.71. The van der Waals surface area contributed by atoms with Gasteiger partial charge in [-0.2, -0.15) is 10.3 Å². The van der Waals surface area contributed by atoms with Crippen LogP contribution in [-0.2, 0) is 6.54 Å². The molecule has 1 aromatic carbocycles. The number of benzene rings is 1. The summed E-state index contributed by atoms with van der Waals surface area (Å²) < 4.78 is 8.63. The van der Waals surface area contributed by atoms with E-state index >= 15 is 0 Å². The summed E-state index contributed by atoms with van der Waals surface area (Å²) in [5, 5.41) is 10.2. The van der Waals surface area contributed by atoms with Crippen molar-refractivity contribution in [3.63, 3.8) is 0 Å². The van der Waals surface area contributed by atoms with Crippen LogP contribution in [0.15, 0.2) is 58.4 Å². The van der Waals surface area contributed by atoms with Gasteiger partial charge >= 0.3 is 0 Å². The van der Waals surface area contributed by atoms with E-state index in [0.717, 1.165) is 18.4 Å². The summed E-state index contributed by atoms with van der Waals surface area (Å²) in [4.78, 5) is 35.4. The molecule has 8 heteroatoms. The van der Waals surface area contributed by atoms with Gasteiger partial charge in [0, 0.05) is 18.3 Å². The first-order chi connectivity index (χ1) is 16.5. The number of nitriles is 1. The van der Waals surface area contributed by atoms with Gasteiger partial charge in [-0.05, 0) is 62.2 Å². The topological polar surface area (TPSA) is 102 Å². The van der Waals surface area contributed by atoms with Crippen LogP contribution in [0.3, 0.4) is 0 Å². The Bertz CT molecular complexity index is 1560. The standard InChI is InChI=1S/C26H25N5O3/c1-4-6-13-30-23(29-25(32)18-9-11-20(12-10-18)34-5-2)19(16-27)15-21-24(30)28-22-17(3)8-7-14-31(22)26(21)33/h7-12,14-15H,4-6,13H2,1-3H3. The summed E-state index contributed by atoms with van der Waals surface area (Å²) in [7, 11) is 0. The Morgan fingerprint density at radius 3 is 2.62 bits per heavy atom. The fourth-order valence-corrected chi connectivity index (χ4v) is 3.84. The van der Waals surface area contributed by atoms with E-state index in [4.69, 9.17) is 9.72 Å². The molecule has 0 spiro atoms. The number of hydrogen-bond donors (Lipinski definition) is 0. The van der Waals surface area contributed by atoms with Gasteiger partial charge in [-0.1, -0.05) is 19.4 Å². The summed E-state index contributed by atoms with van der Waals surface area (Å²) in [6, 6.07) is 14.0. The fourth-order valence-electron chi connectivity index (χ4n) is 3.84. The number of aromatic nitrogens is 3. The number of nitrogens with zero attached hydrogens (tertiary/aromatic N) is 5. The van der Waals surface area contributed by atoms with Crippen LogP contribution in [-0.4, -0.2) is 26.5 Å². The first-order valence-corrected chi connectivity index (χ1v) is 11.3. The van der Waals surface area contributed by atoms with Crippen LogP contribution in [0.25, 0.3) is 16.7 Å². The minimum absolute atomic E-state index is 0.148. The molecule has 0 atom stereocenters. The van der Waals surface area contributed by atoms with E-state index in [1.54, 1.807) is 41.1 Å². The van der Waals surface area contributed by atoms with Crippen molar-refractivity contribution >= 4 is 22.6 Å². The van der Waals surface area contributed by atoms with Crippen LogP contribution < -0.4 is 15.8 Å². The van der Waals surface area contributed by atoms with Gasteiger partial charge in [-0.15, -0.1) is 0 Å². The lowest BCUT2D eigenvalue weighted by molar-refractivity contribution is 0.0997. The molecule has 34 heavy (non-hydrogen) atoms. The number of hydrogen-bond acceptors (Lipinski definition) is 5. The first-order valence-electron chi connectivity index (χ1n) is 11.3. The molecule has 0 aliphatic carbocycles. The number of aryl methyl sites for hydroxylation is 2. The highest BCUT2D eigenvalue weighted by atomic mass is 16.5. The molecule has 0 N–H and O–H groups in total. The first kappa shape index (κ1) is 22.9. The second-order valence-corrected chi connectivity index (χ2v) is 7.91. The Labute approximate surface area is 196 Å². The zero-order valence-electron chi connectivity index (χ0n) is 19.4. The molecule has 0 aliphatic heterocycles. The number of carbonyl (C=O) groups excluding carboxylic acids is 1. The Hall–Kier alpha value is -4.25. The van der Waals surface area contributed by atoms with Crippen molar-refractivity contribution in [1.82, 2.24) is 14.0 Å². The SMILES string of the molecule is CCCCn1c(=NC(=O)c2ccc(OCC)cc2)c(C#N)cc2c(=O)n3cccc(C)c3nc21. The van der Waals surface area contributed by atoms with E-state index in [0.29, 0.717) is 41.1 Å². The fraction of sp³-hybridized carbons (Fsp3) is 0.269. The molecule has 1 amide bonds. The van der Waals surface area contributed by atoms with Crippen LogP contribution in [0, 0.1) is 18.3 Å². The van der Waals surface area contributed by atoms with Crippen molar-refractivity contribution in [2.24, 2.45) is 4.99 Å². The van der Waals surface area contributed by atoms with Gasteiger partial charge < -0.3 is 9.30 Å². The van der Waals surface area contributed by atoms with E-state index in [1.807, 2.05) is 26.8 Å². The Morgan fingerprint density at radius 2 is 1.94 bits per heavy atom. The number of amides is 1. The molecule has 0 fully saturated rings. The monoisotopic (exact) mass is 455 g/mol. The third-order valence-corrected chi connectivity index (χ3v) is 5.58. The molecule has 0 saturated carbocycles. The maximum absolute atomic E-state index is 13.3. The van der Waals surface area contributed by atoms with Crippen LogP contribution in [0.1, 0.15) is 48.2 Å². The van der Waals surface area contributed by atoms with Crippen molar-refractivity contribution in [3.8, 4) is 11.8 Å². The minimum Gasteiger partial charge on any atom is -0.494 e. The van der Waals surface area contributed by atoms with Gasteiger partial charge in [0.25, 0.3) is 11.5 Å². The van der Waals surface area contributed by atoms with Crippen molar-refractivity contribution < 1.29 is 9.53 Å². The molecule has 0 aliphatic rings. The minimum atomic E-state index is -0.488. The molecular weight excluding hydrogens is 430 g/mol. The summed E-state index contributed by atoms with van der Waals surface area (Å²) in [6.45, 7) is 6.80. The maximum Gasteiger partial charge on any atom is 0.278 e. The molecule has 4 aromatic rings. The van der Waals surface area contributed by atoms with E-state index in [1.165, 1.54) is 10.5 Å². The lowest BCUT2D eigenvalue weighted by Gasteiger charge is -2.14. The van der Waals surface area contributed by atoms with E-state index in [2.05, 4.69) is 11.1 Å². The molecule has 0 unspecified atom stereocenters. The average molecular weight is 456 g/mol. The highest BCUT2D eigenvalue weighted by Gasteiger charge is 2.16. The molecule has 4 rings (SSSR count). The zero-order chi connectivity index (χ0) is 24.2. The van der Waals surface area contributed by atoms with Crippen molar-refractivity contribution in [2.45, 2.75) is 40.2 Å². The Balaban J connectivity index is 2.00. The highest BCUT2D eigenvalue weighted by Crippen LogP contribution is 2.15. The van der Waals surface area contributed by atoms with E-state index < -0.39 is 5.91 Å². The summed E-state index contributed by atoms with van der Waals surface area (Å²) in [5.41, 5.74) is 2.23. The van der Waals surface area contributed by atoms with Crippen LogP contribution in [0.4, 0.5) is 0 Å². The predicted octanol–water partition coefficient (Wildman–Crippen LogP) is 3.77. The van der Waals surface area contributed by atoms with Crippen molar-refractivity contribution in [1.29, 1.82) is 5.26 Å². The van der Waals surface area contributed by atoms with Gasteiger partial charge in [0.1, 0.15) is 23.1 Å². The summed E-state index contributed by atoms with van der Waals surface area (Å²) in [6.07, 6.45) is 3.31. The highest BCUT2D eigenvalue weighted by molar-refractivity contribution is 5.95. The molecular formula is C26H25N5O3. The quantitative estimate of drug-likeness (QED) is 0.412. The molecule has 172 valence electrons. The van der Waals surface area contributed by atoms with Gasteiger partial charge in [0.15, 0.2) is 5.49 Å². The number of ether oxygens (including phenoxy) is 1. The summed E-state index contributed by atoms with van der Waals surface area (Å²) >= 11 is 0. The Kier molecular flexibility index (Phi) is 6.55. The van der Waals surface area contributed by atoms with Crippen molar-refractivity contribution in [3.05, 3.63) is 81.2 Å². The largest absolute Gasteiger partial charge is 0.494 e. The number of fused-ring (bicyclic) bond motifs is 2. The lowest BCUT2D eigenvalue weighted by atomic mass is 10.2. The Morgan fingerprint density at radius 1 is 1.18 bits per heavy atom. The summed E-state index contributed by atoms with van der Waals surface area (Å²) in [5.74, 6) is 0.172. The average Bonchev–Trinajstić information content (AvgIpc) is 2.84. The number of unbranched alkanes of at least 4 members (excludes halogenated alkanes) is 1.